The van der Waals surface area contributed by atoms with Crippen molar-refractivity contribution in [2.75, 3.05) is 18.5 Å². The number of nitriles is 1. The van der Waals surface area contributed by atoms with E-state index in [-0.39, 0.29) is 12.0 Å². The third kappa shape index (κ3) is 5.09. The van der Waals surface area contributed by atoms with E-state index in [0.717, 1.165) is 19.3 Å². The van der Waals surface area contributed by atoms with Crippen molar-refractivity contribution in [3.05, 3.63) is 23.8 Å². The number of nitrogens with one attached hydrogen (secondary N) is 1. The maximum Gasteiger partial charge on any atom is 0.224 e. The summed E-state index contributed by atoms with van der Waals surface area (Å²) in [5, 5.41) is 12.0. The van der Waals surface area contributed by atoms with Gasteiger partial charge in [-0.05, 0) is 24.6 Å². The third-order valence-corrected chi connectivity index (χ3v) is 3.22. The molecule has 1 fully saturated rings. The van der Waals surface area contributed by atoms with Crippen molar-refractivity contribution in [3.63, 3.8) is 0 Å². The van der Waals surface area contributed by atoms with Crippen molar-refractivity contribution in [1.29, 1.82) is 5.26 Å². The maximum atomic E-state index is 11.8. The zero-order valence-corrected chi connectivity index (χ0v) is 12.2. The van der Waals surface area contributed by atoms with E-state index in [0.29, 0.717) is 36.6 Å². The van der Waals surface area contributed by atoms with Crippen LogP contribution >= 0.6 is 0 Å². The molecular formula is C16H20N2O3. The Hall–Kier alpha value is -2.06. The number of ether oxygens (including phenoxy) is 2. The van der Waals surface area contributed by atoms with Gasteiger partial charge < -0.3 is 14.8 Å². The molecule has 1 aromatic rings. The van der Waals surface area contributed by atoms with Crippen molar-refractivity contribution in [2.24, 2.45) is 0 Å². The predicted molar refractivity (Wildman–Crippen MR) is 79.2 cm³/mol. The van der Waals surface area contributed by atoms with E-state index in [4.69, 9.17) is 14.7 Å². The number of nitrogens with zero attached hydrogens (tertiary/aromatic N) is 1. The van der Waals surface area contributed by atoms with Crippen molar-refractivity contribution in [2.45, 2.75) is 38.7 Å². The van der Waals surface area contributed by atoms with Gasteiger partial charge in [-0.15, -0.1) is 0 Å². The maximum absolute atomic E-state index is 11.8. The number of hydrogen-bond acceptors (Lipinski definition) is 4. The highest BCUT2D eigenvalue weighted by Crippen LogP contribution is 2.23. The zero-order valence-electron chi connectivity index (χ0n) is 12.2. The number of unbranched alkanes of at least 4 members (excludes halogenated alkanes) is 2. The molecule has 1 N–H and O–H groups in total. The molecule has 0 spiro atoms. The smallest absolute Gasteiger partial charge is 0.224 e. The first kappa shape index (κ1) is 15.3. The first-order valence-corrected chi connectivity index (χ1v) is 7.31. The lowest BCUT2D eigenvalue weighted by atomic mass is 10.1. The highest BCUT2D eigenvalue weighted by molar-refractivity contribution is 5.91. The molecule has 0 aliphatic carbocycles. The molecule has 2 rings (SSSR count). The average Bonchev–Trinajstić information content (AvgIpc) is 3.30. The van der Waals surface area contributed by atoms with Crippen LogP contribution in [0.1, 0.15) is 38.2 Å². The Morgan fingerprint density at radius 2 is 2.33 bits per heavy atom. The number of carbonyl (C=O) groups is 1. The van der Waals surface area contributed by atoms with Gasteiger partial charge in [0, 0.05) is 12.1 Å². The fourth-order valence-corrected chi connectivity index (χ4v) is 1.93. The second kappa shape index (κ2) is 7.65. The van der Waals surface area contributed by atoms with Crippen molar-refractivity contribution in [3.8, 4) is 11.8 Å². The van der Waals surface area contributed by atoms with Gasteiger partial charge in [0.2, 0.25) is 5.91 Å². The topological polar surface area (TPSA) is 74.7 Å². The van der Waals surface area contributed by atoms with Crippen molar-refractivity contribution < 1.29 is 14.3 Å². The van der Waals surface area contributed by atoms with Gasteiger partial charge in [0.05, 0.1) is 12.2 Å². The van der Waals surface area contributed by atoms with Crippen LogP contribution in [0.25, 0.3) is 0 Å². The van der Waals surface area contributed by atoms with Gasteiger partial charge >= 0.3 is 0 Å². The number of amides is 1. The minimum Gasteiger partial charge on any atom is -0.489 e. The Morgan fingerprint density at radius 1 is 1.52 bits per heavy atom. The molecule has 1 atom stereocenters. The molecular weight excluding hydrogens is 268 g/mol. The molecule has 5 heteroatoms. The molecule has 0 bridgehead atoms. The van der Waals surface area contributed by atoms with Crippen LogP contribution in [-0.4, -0.2) is 25.2 Å². The van der Waals surface area contributed by atoms with Crippen molar-refractivity contribution in [1.82, 2.24) is 0 Å². The zero-order chi connectivity index (χ0) is 15.1. The average molecular weight is 288 g/mol. The number of rotatable bonds is 8. The van der Waals surface area contributed by atoms with Crippen LogP contribution in [0.3, 0.4) is 0 Å². The van der Waals surface area contributed by atoms with Crippen LogP contribution in [0.2, 0.25) is 0 Å². The number of hydrogen-bond donors (Lipinski definition) is 1. The number of anilines is 1. The molecule has 1 aromatic carbocycles. The fraction of sp³-hybridized carbons (Fsp3) is 0.500. The predicted octanol–water partition coefficient (Wildman–Crippen LogP) is 2.85. The molecule has 1 amide bonds. The second-order valence-electron chi connectivity index (χ2n) is 5.09. The van der Waals surface area contributed by atoms with E-state index in [1.165, 1.54) is 0 Å². The Labute approximate surface area is 124 Å². The van der Waals surface area contributed by atoms with E-state index in [2.05, 4.69) is 18.3 Å². The SMILES string of the molecule is CCCCCC(=O)Nc1ccc(OCC2CO2)c(C#N)c1. The van der Waals surface area contributed by atoms with E-state index in [9.17, 15) is 4.79 Å². The molecule has 1 aliphatic rings. The first-order chi connectivity index (χ1) is 10.2. The summed E-state index contributed by atoms with van der Waals surface area (Å²) in [4.78, 5) is 11.8. The number of carbonyl (C=O) groups excluding carboxylic acids is 1. The van der Waals surface area contributed by atoms with Crippen LogP contribution in [0.15, 0.2) is 18.2 Å². The highest BCUT2D eigenvalue weighted by Gasteiger charge is 2.23. The van der Waals surface area contributed by atoms with Crippen LogP contribution in [-0.2, 0) is 9.53 Å². The second-order valence-corrected chi connectivity index (χ2v) is 5.09. The number of epoxide rings is 1. The van der Waals surface area contributed by atoms with Gasteiger partial charge in [-0.1, -0.05) is 19.8 Å². The van der Waals surface area contributed by atoms with Gasteiger partial charge in [-0.2, -0.15) is 5.26 Å². The molecule has 21 heavy (non-hydrogen) atoms. The first-order valence-electron chi connectivity index (χ1n) is 7.31. The molecule has 5 nitrogen and oxygen atoms in total. The molecule has 0 saturated carbocycles. The largest absolute Gasteiger partial charge is 0.489 e. The van der Waals surface area contributed by atoms with Gasteiger partial charge in [0.25, 0.3) is 0 Å². The van der Waals surface area contributed by atoms with Crippen molar-refractivity contribution >= 4 is 11.6 Å². The van der Waals surface area contributed by atoms with E-state index in [1.807, 2.05) is 0 Å². The molecule has 112 valence electrons. The lowest BCUT2D eigenvalue weighted by molar-refractivity contribution is -0.116. The van der Waals surface area contributed by atoms with Crippen LogP contribution in [0, 0.1) is 11.3 Å². The van der Waals surface area contributed by atoms with Crippen LogP contribution in [0.4, 0.5) is 5.69 Å². The lowest BCUT2D eigenvalue weighted by Crippen LogP contribution is -2.11. The molecule has 1 saturated heterocycles. The van der Waals surface area contributed by atoms with Gasteiger partial charge in [0.1, 0.15) is 24.5 Å². The Balaban J connectivity index is 1.91. The van der Waals surface area contributed by atoms with Gasteiger partial charge in [-0.25, -0.2) is 0 Å². The molecule has 1 aliphatic heterocycles. The quantitative estimate of drug-likeness (QED) is 0.589. The molecule has 0 radical (unpaired) electrons. The fourth-order valence-electron chi connectivity index (χ4n) is 1.93. The summed E-state index contributed by atoms with van der Waals surface area (Å²) in [7, 11) is 0. The lowest BCUT2D eigenvalue weighted by Gasteiger charge is -2.09. The monoisotopic (exact) mass is 288 g/mol. The summed E-state index contributed by atoms with van der Waals surface area (Å²) >= 11 is 0. The van der Waals surface area contributed by atoms with E-state index >= 15 is 0 Å². The summed E-state index contributed by atoms with van der Waals surface area (Å²) in [5.74, 6) is 0.504. The highest BCUT2D eigenvalue weighted by atomic mass is 16.6. The summed E-state index contributed by atoms with van der Waals surface area (Å²) < 4.78 is 10.6. The van der Waals surface area contributed by atoms with Crippen LogP contribution < -0.4 is 10.1 Å². The van der Waals surface area contributed by atoms with E-state index < -0.39 is 0 Å². The van der Waals surface area contributed by atoms with Crippen LogP contribution in [0.5, 0.6) is 5.75 Å². The van der Waals surface area contributed by atoms with E-state index in [1.54, 1.807) is 18.2 Å². The molecule has 1 unspecified atom stereocenters. The summed E-state index contributed by atoms with van der Waals surface area (Å²) in [6.45, 7) is 3.27. The van der Waals surface area contributed by atoms with Gasteiger partial charge in [0.15, 0.2) is 0 Å². The normalized spacial score (nSPS) is 16.1. The molecule has 0 aromatic heterocycles. The Bertz CT molecular complexity index is 533. The minimum absolute atomic E-state index is 0.0209. The summed E-state index contributed by atoms with van der Waals surface area (Å²) in [6.07, 6.45) is 3.67. The van der Waals surface area contributed by atoms with Gasteiger partial charge in [-0.3, -0.25) is 4.79 Å². The molecule has 1 heterocycles. The standard InChI is InChI=1S/C16H20N2O3/c1-2-3-4-5-16(19)18-13-6-7-15(12(8-13)9-17)21-11-14-10-20-14/h6-8,14H,2-5,10-11H2,1H3,(H,18,19). The Kier molecular flexibility index (Phi) is 5.59. The summed E-state index contributed by atoms with van der Waals surface area (Å²) in [6, 6.07) is 7.19. The third-order valence-electron chi connectivity index (χ3n) is 3.22. The Morgan fingerprint density at radius 3 is 3.00 bits per heavy atom. The summed E-state index contributed by atoms with van der Waals surface area (Å²) in [5.41, 5.74) is 1.05. The number of benzene rings is 1. The minimum atomic E-state index is -0.0209.